The van der Waals surface area contributed by atoms with E-state index in [1.165, 1.54) is 31.0 Å². The molecule has 5 nitrogen and oxygen atoms in total. The molecule has 1 amide bonds. The molecule has 0 bridgehead atoms. The summed E-state index contributed by atoms with van der Waals surface area (Å²) in [7, 11) is 0. The zero-order valence-electron chi connectivity index (χ0n) is 14.8. The number of hydrogen-bond donors (Lipinski definition) is 1. The molecule has 1 aromatic carbocycles. The number of carbonyl (C=O) groups excluding carboxylic acids is 1. The Labute approximate surface area is 157 Å². The van der Waals surface area contributed by atoms with E-state index in [1.807, 2.05) is 53.3 Å². The van der Waals surface area contributed by atoms with Gasteiger partial charge in [0.1, 0.15) is 0 Å². The first-order chi connectivity index (χ1) is 12.8. The van der Waals surface area contributed by atoms with E-state index >= 15 is 0 Å². The average molecular weight is 366 g/mol. The summed E-state index contributed by atoms with van der Waals surface area (Å²) in [5, 5.41) is 3.90. The Morgan fingerprint density at radius 2 is 1.85 bits per heavy atom. The van der Waals surface area contributed by atoms with Crippen molar-refractivity contribution in [2.75, 3.05) is 29.6 Å². The maximum absolute atomic E-state index is 13.0. The van der Waals surface area contributed by atoms with Crippen molar-refractivity contribution in [1.29, 1.82) is 0 Å². The summed E-state index contributed by atoms with van der Waals surface area (Å²) in [4.78, 5) is 19.9. The zero-order chi connectivity index (χ0) is 17.9. The highest BCUT2D eigenvalue weighted by Gasteiger charge is 2.20. The second-order valence-corrected chi connectivity index (χ2v) is 7.20. The number of benzene rings is 1. The standard InChI is InChI=1S/C20H22N4OS/c1-26-20-22-18(17-11-5-8-14-24(17)20)19(25)21-15-9-3-4-10-16(15)23-12-6-2-7-13-23/h3-5,8-11,14H,2,6-7,12-13H2,1H3,(H,21,25). The van der Waals surface area contributed by atoms with E-state index in [0.717, 1.165) is 35.1 Å². The quantitative estimate of drug-likeness (QED) is 0.700. The lowest BCUT2D eigenvalue weighted by molar-refractivity contribution is 0.102. The minimum absolute atomic E-state index is 0.168. The molecular weight excluding hydrogens is 344 g/mol. The molecule has 0 aliphatic carbocycles. The lowest BCUT2D eigenvalue weighted by atomic mass is 10.1. The molecule has 26 heavy (non-hydrogen) atoms. The van der Waals surface area contributed by atoms with Crippen molar-refractivity contribution in [3.05, 3.63) is 54.4 Å². The van der Waals surface area contributed by atoms with Crippen molar-refractivity contribution in [1.82, 2.24) is 9.38 Å². The van der Waals surface area contributed by atoms with E-state index in [9.17, 15) is 4.79 Å². The molecule has 1 fully saturated rings. The molecule has 134 valence electrons. The highest BCUT2D eigenvalue weighted by molar-refractivity contribution is 7.98. The Kier molecular flexibility index (Phi) is 4.84. The number of imidazole rings is 1. The number of piperidine rings is 1. The van der Waals surface area contributed by atoms with Crippen LogP contribution in [-0.2, 0) is 0 Å². The molecule has 2 aromatic heterocycles. The highest BCUT2D eigenvalue weighted by Crippen LogP contribution is 2.29. The SMILES string of the molecule is CSc1nc(C(=O)Nc2ccccc2N2CCCCC2)c2ccccn12. The van der Waals surface area contributed by atoms with Gasteiger partial charge in [0.2, 0.25) is 0 Å². The number of amides is 1. The summed E-state index contributed by atoms with van der Waals surface area (Å²) in [6.07, 6.45) is 7.58. The fraction of sp³-hybridized carbons (Fsp3) is 0.300. The fourth-order valence-electron chi connectivity index (χ4n) is 3.49. The summed E-state index contributed by atoms with van der Waals surface area (Å²) in [6.45, 7) is 2.08. The van der Waals surface area contributed by atoms with Crippen molar-refractivity contribution >= 4 is 34.6 Å². The third-order valence-corrected chi connectivity index (χ3v) is 5.42. The van der Waals surface area contributed by atoms with Gasteiger partial charge in [-0.05, 0) is 49.8 Å². The first kappa shape index (κ1) is 17.0. The number of nitrogens with one attached hydrogen (secondary N) is 1. The molecule has 0 spiro atoms. The molecule has 3 aromatic rings. The van der Waals surface area contributed by atoms with Gasteiger partial charge in [0.25, 0.3) is 5.91 Å². The number of hydrogen-bond acceptors (Lipinski definition) is 4. The van der Waals surface area contributed by atoms with Gasteiger partial charge < -0.3 is 10.2 Å². The van der Waals surface area contributed by atoms with Gasteiger partial charge >= 0.3 is 0 Å². The third-order valence-electron chi connectivity index (χ3n) is 4.76. The van der Waals surface area contributed by atoms with Gasteiger partial charge in [-0.2, -0.15) is 0 Å². The average Bonchev–Trinajstić information content (AvgIpc) is 3.08. The minimum atomic E-state index is -0.168. The molecule has 6 heteroatoms. The maximum atomic E-state index is 13.0. The van der Waals surface area contributed by atoms with Crippen molar-refractivity contribution in [3.8, 4) is 0 Å². The van der Waals surface area contributed by atoms with Gasteiger partial charge in [-0.1, -0.05) is 30.0 Å². The fourth-order valence-corrected chi connectivity index (χ4v) is 4.03. The summed E-state index contributed by atoms with van der Waals surface area (Å²) < 4.78 is 1.95. The van der Waals surface area contributed by atoms with Gasteiger partial charge in [-0.3, -0.25) is 9.20 Å². The van der Waals surface area contributed by atoms with Crippen LogP contribution in [0.15, 0.2) is 53.8 Å². The Bertz CT molecular complexity index is 930. The molecular formula is C20H22N4OS. The highest BCUT2D eigenvalue weighted by atomic mass is 32.2. The lowest BCUT2D eigenvalue weighted by Crippen LogP contribution is -2.30. The lowest BCUT2D eigenvalue weighted by Gasteiger charge is -2.30. The molecule has 0 saturated carbocycles. The topological polar surface area (TPSA) is 49.6 Å². The summed E-state index contributed by atoms with van der Waals surface area (Å²) in [5.41, 5.74) is 3.23. The Morgan fingerprint density at radius 1 is 1.08 bits per heavy atom. The number of thioether (sulfide) groups is 1. The van der Waals surface area contributed by atoms with Crippen molar-refractivity contribution < 1.29 is 4.79 Å². The van der Waals surface area contributed by atoms with Gasteiger partial charge in [0, 0.05) is 19.3 Å². The molecule has 0 atom stereocenters. The predicted octanol–water partition coefficient (Wildman–Crippen LogP) is 4.30. The van der Waals surface area contributed by atoms with Crippen LogP contribution < -0.4 is 10.2 Å². The molecule has 0 unspecified atom stereocenters. The van der Waals surface area contributed by atoms with Crippen LogP contribution in [-0.4, -0.2) is 34.6 Å². The Balaban J connectivity index is 1.65. The van der Waals surface area contributed by atoms with Crippen molar-refractivity contribution in [2.45, 2.75) is 24.4 Å². The van der Waals surface area contributed by atoms with Crippen LogP contribution in [0.1, 0.15) is 29.8 Å². The molecule has 1 aliphatic heterocycles. The molecule has 1 N–H and O–H groups in total. The van der Waals surface area contributed by atoms with Crippen molar-refractivity contribution in [2.24, 2.45) is 0 Å². The number of fused-ring (bicyclic) bond motifs is 1. The van der Waals surface area contributed by atoms with Crippen LogP contribution in [0.2, 0.25) is 0 Å². The van der Waals surface area contributed by atoms with Crippen LogP contribution in [0.4, 0.5) is 11.4 Å². The zero-order valence-corrected chi connectivity index (χ0v) is 15.6. The van der Waals surface area contributed by atoms with Gasteiger partial charge in [0.05, 0.1) is 16.9 Å². The Hall–Kier alpha value is -2.47. The number of rotatable bonds is 4. The van der Waals surface area contributed by atoms with Crippen LogP contribution in [0, 0.1) is 0 Å². The second kappa shape index (κ2) is 7.41. The van der Waals surface area contributed by atoms with E-state index in [1.54, 1.807) is 0 Å². The summed E-state index contributed by atoms with van der Waals surface area (Å²) in [6, 6.07) is 13.8. The molecule has 1 saturated heterocycles. The van der Waals surface area contributed by atoms with Crippen LogP contribution in [0.3, 0.4) is 0 Å². The van der Waals surface area contributed by atoms with Gasteiger partial charge in [-0.25, -0.2) is 4.98 Å². The first-order valence-electron chi connectivity index (χ1n) is 8.94. The van der Waals surface area contributed by atoms with E-state index < -0.39 is 0 Å². The predicted molar refractivity (Wildman–Crippen MR) is 107 cm³/mol. The number of para-hydroxylation sites is 2. The van der Waals surface area contributed by atoms with Gasteiger partial charge in [0.15, 0.2) is 10.9 Å². The summed E-state index contributed by atoms with van der Waals surface area (Å²) >= 11 is 1.53. The number of carbonyl (C=O) groups is 1. The molecule has 1 aliphatic rings. The Morgan fingerprint density at radius 3 is 2.65 bits per heavy atom. The second-order valence-electron chi connectivity index (χ2n) is 6.42. The number of aromatic nitrogens is 2. The minimum Gasteiger partial charge on any atom is -0.370 e. The normalized spacial score (nSPS) is 14.6. The van der Waals surface area contributed by atoms with E-state index in [2.05, 4.69) is 21.3 Å². The smallest absolute Gasteiger partial charge is 0.276 e. The van der Waals surface area contributed by atoms with Crippen molar-refractivity contribution in [3.63, 3.8) is 0 Å². The maximum Gasteiger partial charge on any atom is 0.276 e. The molecule has 3 heterocycles. The number of pyridine rings is 1. The van der Waals surface area contributed by atoms with Crippen LogP contribution >= 0.6 is 11.8 Å². The number of anilines is 2. The number of nitrogens with zero attached hydrogens (tertiary/aromatic N) is 3. The summed E-state index contributed by atoms with van der Waals surface area (Å²) in [5.74, 6) is -0.168. The van der Waals surface area contributed by atoms with E-state index in [4.69, 9.17) is 0 Å². The van der Waals surface area contributed by atoms with Gasteiger partial charge in [-0.15, -0.1) is 0 Å². The third kappa shape index (κ3) is 3.17. The monoisotopic (exact) mass is 366 g/mol. The largest absolute Gasteiger partial charge is 0.370 e. The van der Waals surface area contributed by atoms with Crippen LogP contribution in [0.25, 0.3) is 5.52 Å². The van der Waals surface area contributed by atoms with E-state index in [-0.39, 0.29) is 5.91 Å². The van der Waals surface area contributed by atoms with E-state index in [0.29, 0.717) is 5.69 Å². The molecule has 0 radical (unpaired) electrons. The molecule has 4 rings (SSSR count). The van der Waals surface area contributed by atoms with Crippen LogP contribution in [0.5, 0.6) is 0 Å². The first-order valence-corrected chi connectivity index (χ1v) is 10.2.